The second kappa shape index (κ2) is 7.40. The van der Waals surface area contributed by atoms with E-state index in [0.717, 1.165) is 23.3 Å². The number of pyridine rings is 1. The molecule has 0 amide bonds. The quantitative estimate of drug-likeness (QED) is 0.456. The number of hydrogen-bond acceptors (Lipinski definition) is 3. The summed E-state index contributed by atoms with van der Waals surface area (Å²) in [6, 6.07) is 8.69. The van der Waals surface area contributed by atoms with Gasteiger partial charge in [-0.1, -0.05) is 11.6 Å². The van der Waals surface area contributed by atoms with Gasteiger partial charge < -0.3 is 9.30 Å². The zero-order valence-corrected chi connectivity index (χ0v) is 17.1. The van der Waals surface area contributed by atoms with Crippen molar-refractivity contribution in [2.45, 2.75) is 26.8 Å². The van der Waals surface area contributed by atoms with Gasteiger partial charge in [-0.25, -0.2) is 8.78 Å². The molecule has 0 saturated carbocycles. The van der Waals surface area contributed by atoms with E-state index in [2.05, 4.69) is 5.10 Å². The summed E-state index contributed by atoms with van der Waals surface area (Å²) in [5.41, 5.74) is 2.92. The maximum absolute atomic E-state index is 14.2. The van der Waals surface area contributed by atoms with Crippen molar-refractivity contribution in [3.63, 3.8) is 0 Å². The van der Waals surface area contributed by atoms with Crippen molar-refractivity contribution >= 4 is 10.9 Å². The van der Waals surface area contributed by atoms with Crippen molar-refractivity contribution in [3.8, 4) is 22.6 Å². The molecule has 0 radical (unpaired) electrons. The molecule has 5 nitrogen and oxygen atoms in total. The van der Waals surface area contributed by atoms with Crippen LogP contribution in [0.15, 0.2) is 53.6 Å². The van der Waals surface area contributed by atoms with Gasteiger partial charge in [-0.3, -0.25) is 9.48 Å². The monoisotopic (exact) mass is 409 g/mol. The van der Waals surface area contributed by atoms with Crippen LogP contribution in [-0.2, 0) is 7.05 Å². The van der Waals surface area contributed by atoms with Crippen molar-refractivity contribution in [1.29, 1.82) is 0 Å². The van der Waals surface area contributed by atoms with E-state index < -0.39 is 11.6 Å². The molecular weight excluding hydrogens is 388 g/mol. The Kier molecular flexibility index (Phi) is 4.89. The number of aromatic nitrogens is 3. The highest BCUT2D eigenvalue weighted by atomic mass is 19.1. The molecule has 4 aromatic rings. The number of aryl methyl sites for hydroxylation is 2. The lowest BCUT2D eigenvalue weighted by Crippen LogP contribution is -2.17. The van der Waals surface area contributed by atoms with Crippen LogP contribution in [0.25, 0.3) is 22.0 Å². The Morgan fingerprint density at radius 2 is 1.77 bits per heavy atom. The number of fused-ring (bicyclic) bond motifs is 1. The summed E-state index contributed by atoms with van der Waals surface area (Å²) >= 11 is 0. The minimum Gasteiger partial charge on any atom is -0.454 e. The summed E-state index contributed by atoms with van der Waals surface area (Å²) in [6.07, 6.45) is 3.30. The third kappa shape index (κ3) is 3.36. The van der Waals surface area contributed by atoms with Crippen LogP contribution < -0.4 is 10.3 Å². The maximum atomic E-state index is 14.2. The average Bonchev–Trinajstić information content (AvgIpc) is 3.14. The fourth-order valence-electron chi connectivity index (χ4n) is 3.50. The molecule has 7 heteroatoms. The number of halogens is 2. The summed E-state index contributed by atoms with van der Waals surface area (Å²) in [7, 11) is 1.67. The number of rotatable bonds is 4. The molecule has 0 unspecified atom stereocenters. The summed E-state index contributed by atoms with van der Waals surface area (Å²) in [4.78, 5) is 12.7. The number of nitrogens with zero attached hydrogens (tertiary/aromatic N) is 3. The lowest BCUT2D eigenvalue weighted by atomic mass is 10.0. The molecule has 0 fully saturated rings. The van der Waals surface area contributed by atoms with Gasteiger partial charge in [-0.2, -0.15) is 5.10 Å². The van der Waals surface area contributed by atoms with E-state index in [9.17, 15) is 13.6 Å². The van der Waals surface area contributed by atoms with E-state index in [0.29, 0.717) is 22.2 Å². The van der Waals surface area contributed by atoms with Crippen LogP contribution in [0, 0.1) is 18.6 Å². The zero-order chi connectivity index (χ0) is 21.6. The Labute approximate surface area is 172 Å². The molecule has 0 aliphatic rings. The first-order chi connectivity index (χ1) is 14.3. The minimum absolute atomic E-state index is 0.0251. The van der Waals surface area contributed by atoms with Crippen LogP contribution in [0.2, 0.25) is 0 Å². The molecule has 4 rings (SSSR count). The predicted molar refractivity (Wildman–Crippen MR) is 112 cm³/mol. The van der Waals surface area contributed by atoms with Crippen LogP contribution in [0.3, 0.4) is 0 Å². The molecule has 2 heterocycles. The Morgan fingerprint density at radius 3 is 2.47 bits per heavy atom. The molecule has 0 aliphatic heterocycles. The molecule has 30 heavy (non-hydrogen) atoms. The predicted octanol–water partition coefficient (Wildman–Crippen LogP) is 5.36. The van der Waals surface area contributed by atoms with E-state index in [-0.39, 0.29) is 17.4 Å². The Hall–Kier alpha value is -3.48. The lowest BCUT2D eigenvalue weighted by molar-refractivity contribution is 0.439. The van der Waals surface area contributed by atoms with Gasteiger partial charge in [0.2, 0.25) is 0 Å². The first-order valence-corrected chi connectivity index (χ1v) is 9.57. The van der Waals surface area contributed by atoms with Crippen LogP contribution >= 0.6 is 0 Å². The van der Waals surface area contributed by atoms with E-state index in [1.54, 1.807) is 30.2 Å². The van der Waals surface area contributed by atoms with Crippen LogP contribution in [0.4, 0.5) is 8.78 Å². The molecule has 2 aromatic heterocycles. The standard InChI is InChI=1S/C23H21F2N3O2/c1-13(2)28-22-17(11-26-28)23(29)27(4)12-18(22)16-9-14(3)5-7-20(16)30-21-8-6-15(24)10-19(21)25/h5-13H,1-4H3. The highest BCUT2D eigenvalue weighted by Gasteiger charge is 2.20. The molecule has 2 aromatic carbocycles. The summed E-state index contributed by atoms with van der Waals surface area (Å²) in [5, 5.41) is 4.89. The topological polar surface area (TPSA) is 49.1 Å². The average molecular weight is 409 g/mol. The summed E-state index contributed by atoms with van der Waals surface area (Å²) in [5.74, 6) is -1.16. The first-order valence-electron chi connectivity index (χ1n) is 9.57. The van der Waals surface area contributed by atoms with Gasteiger partial charge in [-0.05, 0) is 45.0 Å². The molecule has 154 valence electrons. The highest BCUT2D eigenvalue weighted by Crippen LogP contribution is 2.38. The second-order valence-corrected chi connectivity index (χ2v) is 7.58. The Balaban J connectivity index is 1.98. The smallest absolute Gasteiger partial charge is 0.261 e. The van der Waals surface area contributed by atoms with Crippen molar-refractivity contribution in [2.24, 2.45) is 7.05 Å². The minimum atomic E-state index is -0.792. The fourth-order valence-corrected chi connectivity index (χ4v) is 3.50. The largest absolute Gasteiger partial charge is 0.454 e. The molecular formula is C23H21F2N3O2. The SMILES string of the molecule is Cc1ccc(Oc2ccc(F)cc2F)c(-c2cn(C)c(=O)c3cnn(C(C)C)c23)c1. The van der Waals surface area contributed by atoms with Crippen molar-refractivity contribution in [1.82, 2.24) is 14.3 Å². The van der Waals surface area contributed by atoms with E-state index >= 15 is 0 Å². The molecule has 0 aliphatic carbocycles. The van der Waals surface area contributed by atoms with Crippen LogP contribution in [0.1, 0.15) is 25.5 Å². The van der Waals surface area contributed by atoms with Crippen LogP contribution in [-0.4, -0.2) is 14.3 Å². The number of ether oxygens (including phenoxy) is 1. The van der Waals surface area contributed by atoms with E-state index in [1.165, 1.54) is 10.6 Å². The Bertz CT molecular complexity index is 1320. The van der Waals surface area contributed by atoms with Crippen molar-refractivity contribution < 1.29 is 13.5 Å². The fraction of sp³-hybridized carbons (Fsp3) is 0.217. The van der Waals surface area contributed by atoms with Gasteiger partial charge in [0, 0.05) is 36.5 Å². The lowest BCUT2D eigenvalue weighted by Gasteiger charge is -2.16. The third-order valence-electron chi connectivity index (χ3n) is 4.95. The van der Waals surface area contributed by atoms with Crippen molar-refractivity contribution in [3.05, 3.63) is 76.3 Å². The molecule has 0 atom stereocenters. The van der Waals surface area contributed by atoms with E-state index in [4.69, 9.17) is 4.74 Å². The molecule has 0 spiro atoms. The molecule has 0 saturated heterocycles. The van der Waals surface area contributed by atoms with Gasteiger partial charge in [-0.15, -0.1) is 0 Å². The van der Waals surface area contributed by atoms with Crippen molar-refractivity contribution in [2.75, 3.05) is 0 Å². The molecule has 0 N–H and O–H groups in total. The van der Waals surface area contributed by atoms with E-state index in [1.807, 2.05) is 32.9 Å². The Morgan fingerprint density at radius 1 is 1.03 bits per heavy atom. The van der Waals surface area contributed by atoms with Gasteiger partial charge >= 0.3 is 0 Å². The first kappa shape index (κ1) is 19.8. The third-order valence-corrected chi connectivity index (χ3v) is 4.95. The maximum Gasteiger partial charge on any atom is 0.261 e. The summed E-state index contributed by atoms with van der Waals surface area (Å²) in [6.45, 7) is 5.90. The van der Waals surface area contributed by atoms with Gasteiger partial charge in [0.05, 0.1) is 17.1 Å². The molecule has 0 bridgehead atoms. The second-order valence-electron chi connectivity index (χ2n) is 7.58. The number of benzene rings is 2. The highest BCUT2D eigenvalue weighted by molar-refractivity contribution is 5.95. The normalized spacial score (nSPS) is 11.4. The van der Waals surface area contributed by atoms with Gasteiger partial charge in [0.1, 0.15) is 11.6 Å². The van der Waals surface area contributed by atoms with Gasteiger partial charge in [0.15, 0.2) is 11.6 Å². The number of hydrogen-bond donors (Lipinski definition) is 0. The summed E-state index contributed by atoms with van der Waals surface area (Å²) < 4.78 is 36.6. The van der Waals surface area contributed by atoms with Crippen LogP contribution in [0.5, 0.6) is 11.5 Å². The van der Waals surface area contributed by atoms with Gasteiger partial charge in [0.25, 0.3) is 5.56 Å². The zero-order valence-electron chi connectivity index (χ0n) is 17.1.